The molecule has 1 rings (SSSR count). The van der Waals surface area contributed by atoms with Crippen LogP contribution >= 0.6 is 0 Å². The van der Waals surface area contributed by atoms with Gasteiger partial charge in [-0.15, -0.1) is 0 Å². The topological polar surface area (TPSA) is 15.3 Å². The average Bonchev–Trinajstić information content (AvgIpc) is 2.22. The van der Waals surface area contributed by atoms with Crippen LogP contribution in [0.2, 0.25) is 0 Å². The van der Waals surface area contributed by atoms with Crippen molar-refractivity contribution >= 4 is 5.69 Å². The molecule has 0 aliphatic rings. The van der Waals surface area contributed by atoms with E-state index in [0.29, 0.717) is 0 Å². The summed E-state index contributed by atoms with van der Waals surface area (Å²) >= 11 is 0. The maximum Gasteiger partial charge on any atom is 0.0393 e. The van der Waals surface area contributed by atoms with Crippen LogP contribution in [-0.2, 0) is 0 Å². The van der Waals surface area contributed by atoms with Crippen molar-refractivity contribution in [3.8, 4) is 0 Å². The fourth-order valence-corrected chi connectivity index (χ4v) is 2.13. The monoisotopic (exact) mass is 248 g/mol. The van der Waals surface area contributed by atoms with Gasteiger partial charge in [0.15, 0.2) is 0 Å². The minimum absolute atomic E-state index is 0.221. The van der Waals surface area contributed by atoms with Crippen LogP contribution in [0.25, 0.3) is 0 Å². The molecule has 0 radical (unpaired) electrons. The molecule has 0 atom stereocenters. The Balaban J connectivity index is 2.43. The molecule has 1 aromatic carbocycles. The molecule has 0 amide bonds. The van der Waals surface area contributed by atoms with E-state index >= 15 is 0 Å². The number of hydrogen-bond acceptors (Lipinski definition) is 2. The predicted octanol–water partition coefficient (Wildman–Crippen LogP) is 3.52. The van der Waals surface area contributed by atoms with Crippen LogP contribution in [0.15, 0.2) is 18.2 Å². The van der Waals surface area contributed by atoms with Gasteiger partial charge in [-0.3, -0.25) is 0 Å². The first-order valence-corrected chi connectivity index (χ1v) is 6.83. The molecule has 0 aliphatic heterocycles. The molecular formula is C16H28N2. The van der Waals surface area contributed by atoms with Gasteiger partial charge in [-0.05, 0) is 59.2 Å². The van der Waals surface area contributed by atoms with Gasteiger partial charge in [0.2, 0.25) is 0 Å². The van der Waals surface area contributed by atoms with Crippen LogP contribution in [-0.4, -0.2) is 25.7 Å². The van der Waals surface area contributed by atoms with Gasteiger partial charge >= 0.3 is 0 Å². The summed E-state index contributed by atoms with van der Waals surface area (Å²) in [7, 11) is 2.18. The number of rotatable bonds is 5. The summed E-state index contributed by atoms with van der Waals surface area (Å²) in [5.74, 6) is 0. The quantitative estimate of drug-likeness (QED) is 0.802. The molecule has 2 heteroatoms. The van der Waals surface area contributed by atoms with Gasteiger partial charge in [0.25, 0.3) is 0 Å². The Hall–Kier alpha value is -1.02. The number of hydrogen-bond donors (Lipinski definition) is 1. The van der Waals surface area contributed by atoms with Crippen LogP contribution in [0.3, 0.4) is 0 Å². The van der Waals surface area contributed by atoms with Crippen molar-refractivity contribution in [3.63, 3.8) is 0 Å². The molecule has 0 saturated carbocycles. The summed E-state index contributed by atoms with van der Waals surface area (Å²) in [6.07, 6.45) is 1.17. The van der Waals surface area contributed by atoms with Crippen molar-refractivity contribution in [2.45, 2.75) is 46.6 Å². The summed E-state index contributed by atoms with van der Waals surface area (Å²) in [5.41, 5.74) is 4.26. The van der Waals surface area contributed by atoms with E-state index in [2.05, 4.69) is 70.1 Å². The van der Waals surface area contributed by atoms with Gasteiger partial charge in [0.1, 0.15) is 0 Å². The average molecular weight is 248 g/mol. The lowest BCUT2D eigenvalue weighted by Crippen LogP contribution is -2.37. The summed E-state index contributed by atoms with van der Waals surface area (Å²) < 4.78 is 0. The van der Waals surface area contributed by atoms with Gasteiger partial charge in [0.05, 0.1) is 0 Å². The Kier molecular flexibility index (Phi) is 5.21. The number of benzene rings is 1. The van der Waals surface area contributed by atoms with Gasteiger partial charge in [-0.25, -0.2) is 0 Å². The van der Waals surface area contributed by atoms with Crippen LogP contribution < -0.4 is 10.2 Å². The lowest BCUT2D eigenvalue weighted by molar-refractivity contribution is 0.423. The molecule has 0 unspecified atom stereocenters. The second-order valence-corrected chi connectivity index (χ2v) is 6.24. The van der Waals surface area contributed by atoms with E-state index in [-0.39, 0.29) is 5.54 Å². The molecule has 0 spiro atoms. The van der Waals surface area contributed by atoms with E-state index in [4.69, 9.17) is 0 Å². The largest absolute Gasteiger partial charge is 0.374 e. The van der Waals surface area contributed by atoms with Crippen molar-refractivity contribution in [3.05, 3.63) is 29.3 Å². The SMILES string of the molecule is Cc1ccc(N(C)CCCNC(C)(C)C)c(C)c1. The zero-order valence-corrected chi connectivity index (χ0v) is 12.8. The minimum Gasteiger partial charge on any atom is -0.374 e. The van der Waals surface area contributed by atoms with E-state index < -0.39 is 0 Å². The van der Waals surface area contributed by atoms with Crippen molar-refractivity contribution in [2.24, 2.45) is 0 Å². The lowest BCUT2D eigenvalue weighted by atomic mass is 10.1. The van der Waals surface area contributed by atoms with Gasteiger partial charge in [-0.1, -0.05) is 17.7 Å². The Morgan fingerprint density at radius 2 is 1.83 bits per heavy atom. The summed E-state index contributed by atoms with van der Waals surface area (Å²) in [5, 5.41) is 3.53. The van der Waals surface area contributed by atoms with Crippen molar-refractivity contribution in [2.75, 3.05) is 25.0 Å². The third-order valence-corrected chi connectivity index (χ3v) is 3.09. The van der Waals surface area contributed by atoms with Crippen molar-refractivity contribution in [1.82, 2.24) is 5.32 Å². The Morgan fingerprint density at radius 1 is 1.17 bits per heavy atom. The highest BCUT2D eigenvalue weighted by atomic mass is 15.1. The molecule has 1 aromatic rings. The molecule has 2 nitrogen and oxygen atoms in total. The molecule has 0 bridgehead atoms. The zero-order chi connectivity index (χ0) is 13.8. The Labute approximate surface area is 112 Å². The van der Waals surface area contributed by atoms with Crippen molar-refractivity contribution in [1.29, 1.82) is 0 Å². The molecule has 0 saturated heterocycles. The molecule has 0 aromatic heterocycles. The first-order valence-electron chi connectivity index (χ1n) is 6.83. The first kappa shape index (κ1) is 15.0. The standard InChI is InChI=1S/C16H28N2/c1-13-8-9-15(14(2)12-13)18(6)11-7-10-17-16(3,4)5/h8-9,12,17H,7,10-11H2,1-6H3. The maximum absolute atomic E-state index is 3.53. The zero-order valence-electron chi connectivity index (χ0n) is 12.8. The van der Waals surface area contributed by atoms with Gasteiger partial charge in [-0.2, -0.15) is 0 Å². The van der Waals surface area contributed by atoms with E-state index in [1.54, 1.807) is 0 Å². The fourth-order valence-electron chi connectivity index (χ4n) is 2.13. The summed E-state index contributed by atoms with van der Waals surface area (Å²) in [6.45, 7) is 13.1. The predicted molar refractivity (Wildman–Crippen MR) is 81.6 cm³/mol. The van der Waals surface area contributed by atoms with E-state index in [1.807, 2.05) is 0 Å². The highest BCUT2D eigenvalue weighted by Crippen LogP contribution is 2.19. The molecule has 102 valence electrons. The van der Waals surface area contributed by atoms with Crippen LogP contribution in [0.4, 0.5) is 5.69 Å². The van der Waals surface area contributed by atoms with E-state index in [0.717, 1.165) is 13.1 Å². The fraction of sp³-hybridized carbons (Fsp3) is 0.625. The highest BCUT2D eigenvalue weighted by Gasteiger charge is 2.08. The molecule has 0 fully saturated rings. The Bertz CT molecular complexity index is 377. The number of anilines is 1. The molecule has 18 heavy (non-hydrogen) atoms. The number of aryl methyl sites for hydroxylation is 2. The van der Waals surface area contributed by atoms with Gasteiger partial charge in [0, 0.05) is 24.8 Å². The smallest absolute Gasteiger partial charge is 0.0393 e. The molecule has 0 heterocycles. The minimum atomic E-state index is 0.221. The third kappa shape index (κ3) is 5.09. The van der Waals surface area contributed by atoms with Crippen molar-refractivity contribution < 1.29 is 0 Å². The normalized spacial score (nSPS) is 11.7. The maximum atomic E-state index is 3.53. The Morgan fingerprint density at radius 3 is 2.39 bits per heavy atom. The van der Waals surface area contributed by atoms with E-state index in [9.17, 15) is 0 Å². The molecular weight excluding hydrogens is 220 g/mol. The number of nitrogens with one attached hydrogen (secondary N) is 1. The summed E-state index contributed by atoms with van der Waals surface area (Å²) in [4.78, 5) is 2.35. The van der Waals surface area contributed by atoms with Crippen LogP contribution in [0.5, 0.6) is 0 Å². The lowest BCUT2D eigenvalue weighted by Gasteiger charge is -2.24. The molecule has 0 aliphatic carbocycles. The second kappa shape index (κ2) is 6.24. The summed E-state index contributed by atoms with van der Waals surface area (Å²) in [6, 6.07) is 6.66. The van der Waals surface area contributed by atoms with Crippen LogP contribution in [0.1, 0.15) is 38.3 Å². The first-order chi connectivity index (χ1) is 8.29. The highest BCUT2D eigenvalue weighted by molar-refractivity contribution is 5.53. The second-order valence-electron chi connectivity index (χ2n) is 6.24. The molecule has 1 N–H and O–H groups in total. The number of nitrogens with zero attached hydrogens (tertiary/aromatic N) is 1. The van der Waals surface area contributed by atoms with Crippen LogP contribution in [0, 0.1) is 13.8 Å². The van der Waals surface area contributed by atoms with Gasteiger partial charge < -0.3 is 10.2 Å². The third-order valence-electron chi connectivity index (χ3n) is 3.09. The van der Waals surface area contributed by atoms with E-state index in [1.165, 1.54) is 23.2 Å².